The Morgan fingerprint density at radius 2 is 1.64 bits per heavy atom. The van der Waals surface area contributed by atoms with E-state index in [-0.39, 0.29) is 5.84 Å². The molecule has 0 saturated heterocycles. The van der Waals surface area contributed by atoms with Gasteiger partial charge in [-0.05, 0) is 87.2 Å². The zero-order valence-corrected chi connectivity index (χ0v) is 25.3. The standard InChI is InChI=1S/C32H42N6O3S/c1-24(2)32-36-30(29(42-32)15-17-34-16-6-19-38-20-18-35-23-38)25-7-11-27(12-8-25)40-21-4-3-5-22-41-28-13-9-26(10-14-28)31(33)37-39/h7-14,18,20,23-24,34,39H,3-6,15-17,19,21-22H2,1-2H3,(H2,33,37). The number of benzene rings is 2. The zero-order chi connectivity index (χ0) is 29.6. The number of ether oxygens (including phenoxy) is 2. The molecule has 0 fully saturated rings. The van der Waals surface area contributed by atoms with E-state index in [0.717, 1.165) is 74.5 Å². The van der Waals surface area contributed by atoms with Gasteiger partial charge in [-0.25, -0.2) is 9.97 Å². The maximum Gasteiger partial charge on any atom is 0.149 e. The lowest BCUT2D eigenvalue weighted by atomic mass is 10.1. The Bertz CT molecular complexity index is 1340. The van der Waals surface area contributed by atoms with Gasteiger partial charge in [0, 0.05) is 47.4 Å². The number of hydrogen-bond donors (Lipinski definition) is 4. The van der Waals surface area contributed by atoms with Crippen molar-refractivity contribution in [1.82, 2.24) is 25.3 Å². The third-order valence-corrected chi connectivity index (χ3v) is 8.19. The van der Waals surface area contributed by atoms with Crippen LogP contribution in [0, 0.1) is 5.41 Å². The lowest BCUT2D eigenvalue weighted by molar-refractivity contribution is 0.234. The van der Waals surface area contributed by atoms with Crippen molar-refractivity contribution >= 4 is 17.2 Å². The first-order valence-corrected chi connectivity index (χ1v) is 15.5. The maximum absolute atomic E-state index is 8.81. The van der Waals surface area contributed by atoms with Crippen LogP contribution in [0.15, 0.2) is 67.3 Å². The lowest BCUT2D eigenvalue weighted by Crippen LogP contribution is -2.19. The van der Waals surface area contributed by atoms with Crippen LogP contribution in [0.3, 0.4) is 0 Å². The number of amidine groups is 1. The van der Waals surface area contributed by atoms with Gasteiger partial charge in [-0.1, -0.05) is 13.8 Å². The minimum Gasteiger partial charge on any atom is -0.494 e. The number of imidazole rings is 1. The number of aryl methyl sites for hydroxylation is 1. The molecule has 0 aliphatic rings. The van der Waals surface area contributed by atoms with Gasteiger partial charge in [0.05, 0.1) is 30.2 Å². The topological polar surface area (TPSA) is 117 Å². The first kappa shape index (κ1) is 31.2. The minimum atomic E-state index is -0.0403. The largest absolute Gasteiger partial charge is 0.494 e. The molecule has 10 heteroatoms. The Hall–Kier alpha value is -3.73. The number of hydroxylamine groups is 1. The fourth-order valence-electron chi connectivity index (χ4n) is 4.40. The van der Waals surface area contributed by atoms with Crippen molar-refractivity contribution in [3.63, 3.8) is 0 Å². The summed E-state index contributed by atoms with van der Waals surface area (Å²) < 4.78 is 13.9. The molecule has 0 aliphatic heterocycles. The first-order valence-electron chi connectivity index (χ1n) is 14.6. The van der Waals surface area contributed by atoms with E-state index in [1.54, 1.807) is 24.3 Å². The van der Waals surface area contributed by atoms with E-state index in [2.05, 4.69) is 40.8 Å². The van der Waals surface area contributed by atoms with Crippen LogP contribution in [-0.4, -0.2) is 51.9 Å². The van der Waals surface area contributed by atoms with Crippen molar-refractivity contribution in [2.24, 2.45) is 0 Å². The van der Waals surface area contributed by atoms with E-state index in [1.807, 2.05) is 47.7 Å². The summed E-state index contributed by atoms with van der Waals surface area (Å²) in [6.07, 6.45) is 10.6. The molecule has 0 spiro atoms. The molecule has 42 heavy (non-hydrogen) atoms. The molecule has 0 aliphatic carbocycles. The monoisotopic (exact) mass is 590 g/mol. The number of thiazole rings is 1. The Kier molecular flexibility index (Phi) is 12.4. The van der Waals surface area contributed by atoms with Crippen LogP contribution >= 0.6 is 11.3 Å². The van der Waals surface area contributed by atoms with Crippen molar-refractivity contribution in [3.05, 3.63) is 82.7 Å². The maximum atomic E-state index is 8.81. The summed E-state index contributed by atoms with van der Waals surface area (Å²) in [6.45, 7) is 8.58. The second-order valence-electron chi connectivity index (χ2n) is 10.4. The summed E-state index contributed by atoms with van der Waals surface area (Å²) in [7, 11) is 0. The SMILES string of the molecule is CC(C)c1nc(-c2ccc(OCCCCCOc3ccc(C(=N)NO)cc3)cc2)c(CCNCCCn2ccnc2)s1. The number of nitrogens with one attached hydrogen (secondary N) is 3. The van der Waals surface area contributed by atoms with Gasteiger partial charge in [-0.15, -0.1) is 11.3 Å². The highest BCUT2D eigenvalue weighted by Gasteiger charge is 2.15. The van der Waals surface area contributed by atoms with Gasteiger partial charge in [-0.2, -0.15) is 0 Å². The van der Waals surface area contributed by atoms with Gasteiger partial charge in [0.2, 0.25) is 0 Å². The Morgan fingerprint density at radius 1 is 0.952 bits per heavy atom. The second kappa shape index (κ2) is 16.6. The van der Waals surface area contributed by atoms with Gasteiger partial charge in [0.1, 0.15) is 17.3 Å². The summed E-state index contributed by atoms with van der Waals surface area (Å²) in [5.41, 5.74) is 4.67. The predicted octanol–water partition coefficient (Wildman–Crippen LogP) is 6.28. The second-order valence-corrected chi connectivity index (χ2v) is 11.5. The average Bonchev–Trinajstić information content (AvgIpc) is 3.69. The zero-order valence-electron chi connectivity index (χ0n) is 24.5. The van der Waals surface area contributed by atoms with E-state index in [4.69, 9.17) is 25.1 Å². The molecule has 2 aromatic carbocycles. The van der Waals surface area contributed by atoms with Crippen LogP contribution in [-0.2, 0) is 13.0 Å². The Balaban J connectivity index is 1.16. The van der Waals surface area contributed by atoms with Crippen LogP contribution < -0.4 is 20.3 Å². The lowest BCUT2D eigenvalue weighted by Gasteiger charge is -2.09. The third-order valence-electron chi connectivity index (χ3n) is 6.77. The molecule has 2 heterocycles. The van der Waals surface area contributed by atoms with Gasteiger partial charge in [0.15, 0.2) is 0 Å². The highest BCUT2D eigenvalue weighted by Crippen LogP contribution is 2.33. The van der Waals surface area contributed by atoms with E-state index in [0.29, 0.717) is 24.7 Å². The first-order chi connectivity index (χ1) is 20.5. The minimum absolute atomic E-state index is 0.0403. The van der Waals surface area contributed by atoms with Crippen LogP contribution in [0.4, 0.5) is 0 Å². The van der Waals surface area contributed by atoms with Crippen molar-refractivity contribution in [2.75, 3.05) is 26.3 Å². The van der Waals surface area contributed by atoms with E-state index in [1.165, 1.54) is 9.88 Å². The number of unbranched alkanes of at least 4 members (excludes halogenated alkanes) is 2. The molecule has 224 valence electrons. The average molecular weight is 591 g/mol. The summed E-state index contributed by atoms with van der Waals surface area (Å²) in [5, 5.41) is 21.1. The van der Waals surface area contributed by atoms with Crippen molar-refractivity contribution in [1.29, 1.82) is 5.41 Å². The van der Waals surface area contributed by atoms with Gasteiger partial charge in [-0.3, -0.25) is 16.1 Å². The number of aromatic nitrogens is 3. The quantitative estimate of drug-likeness (QED) is 0.0466. The molecule has 4 aromatic rings. The van der Waals surface area contributed by atoms with Gasteiger partial charge in [0.25, 0.3) is 0 Å². The molecule has 0 unspecified atom stereocenters. The molecule has 0 radical (unpaired) electrons. The fraction of sp³-hybridized carbons (Fsp3) is 0.406. The Morgan fingerprint density at radius 3 is 2.26 bits per heavy atom. The number of nitrogens with zero attached hydrogens (tertiary/aromatic N) is 3. The van der Waals surface area contributed by atoms with Crippen LogP contribution in [0.25, 0.3) is 11.3 Å². The number of rotatable bonds is 18. The van der Waals surface area contributed by atoms with E-state index < -0.39 is 0 Å². The Labute approximate surface area is 252 Å². The van der Waals surface area contributed by atoms with Gasteiger partial charge < -0.3 is 19.4 Å². The fourth-order valence-corrected chi connectivity index (χ4v) is 5.49. The molecular formula is C32H42N6O3S. The summed E-state index contributed by atoms with van der Waals surface area (Å²) in [5.74, 6) is 1.99. The van der Waals surface area contributed by atoms with Crippen LogP contribution in [0.5, 0.6) is 11.5 Å². The molecular weight excluding hydrogens is 548 g/mol. The molecule has 9 nitrogen and oxygen atoms in total. The van der Waals surface area contributed by atoms with Crippen LogP contribution in [0.1, 0.15) is 60.9 Å². The van der Waals surface area contributed by atoms with Crippen molar-refractivity contribution < 1.29 is 14.7 Å². The van der Waals surface area contributed by atoms with Crippen LogP contribution in [0.2, 0.25) is 0 Å². The summed E-state index contributed by atoms with van der Waals surface area (Å²) in [6, 6.07) is 15.4. The molecule has 0 bridgehead atoms. The highest BCUT2D eigenvalue weighted by atomic mass is 32.1. The predicted molar refractivity (Wildman–Crippen MR) is 168 cm³/mol. The molecule has 0 amide bonds. The third kappa shape index (κ3) is 9.68. The molecule has 0 atom stereocenters. The molecule has 2 aromatic heterocycles. The molecule has 4 rings (SSSR count). The smallest absolute Gasteiger partial charge is 0.149 e. The van der Waals surface area contributed by atoms with E-state index in [9.17, 15) is 0 Å². The molecule has 4 N–H and O–H groups in total. The molecule has 0 saturated carbocycles. The number of hydrogen-bond acceptors (Lipinski definition) is 8. The summed E-state index contributed by atoms with van der Waals surface area (Å²) >= 11 is 1.83. The van der Waals surface area contributed by atoms with Crippen molar-refractivity contribution in [3.8, 4) is 22.8 Å². The summed E-state index contributed by atoms with van der Waals surface area (Å²) in [4.78, 5) is 10.4. The highest BCUT2D eigenvalue weighted by molar-refractivity contribution is 7.12. The normalized spacial score (nSPS) is 11.1. The van der Waals surface area contributed by atoms with Crippen molar-refractivity contribution in [2.45, 2.75) is 58.4 Å². The van der Waals surface area contributed by atoms with E-state index >= 15 is 0 Å². The van der Waals surface area contributed by atoms with Gasteiger partial charge >= 0.3 is 0 Å².